The van der Waals surface area contributed by atoms with E-state index < -0.39 is 35.5 Å². The first-order valence-corrected chi connectivity index (χ1v) is 15.6. The summed E-state index contributed by atoms with van der Waals surface area (Å²) < 4.78 is 10.5. The van der Waals surface area contributed by atoms with Gasteiger partial charge < -0.3 is 30.3 Å². The van der Waals surface area contributed by atoms with Gasteiger partial charge in [0.1, 0.15) is 18.7 Å². The van der Waals surface area contributed by atoms with Crippen molar-refractivity contribution < 1.29 is 28.7 Å². The second kappa shape index (κ2) is 15.4. The number of carbonyl (C=O) groups is 4. The average Bonchev–Trinajstić information content (AvgIpc) is 3.51. The van der Waals surface area contributed by atoms with Crippen molar-refractivity contribution in [1.82, 2.24) is 20.9 Å². The van der Waals surface area contributed by atoms with E-state index in [-0.39, 0.29) is 42.6 Å². The highest BCUT2D eigenvalue weighted by Crippen LogP contribution is 2.33. The van der Waals surface area contributed by atoms with Gasteiger partial charge in [0.05, 0.1) is 5.56 Å². The van der Waals surface area contributed by atoms with Crippen LogP contribution < -0.4 is 16.0 Å². The molecule has 5 atom stereocenters. The van der Waals surface area contributed by atoms with Gasteiger partial charge in [-0.25, -0.2) is 9.59 Å². The summed E-state index contributed by atoms with van der Waals surface area (Å²) >= 11 is 0. The summed E-state index contributed by atoms with van der Waals surface area (Å²) in [4.78, 5) is 53.6. The maximum absolute atomic E-state index is 13.7. The molecular weight excluding hydrogens is 548 g/mol. The smallest absolute Gasteiger partial charge is 0.348 e. The Bertz CT molecular complexity index is 1170. The molecule has 2 amide bonds. The Balaban J connectivity index is 0.00000162. The van der Waals surface area contributed by atoms with Gasteiger partial charge in [-0.3, -0.25) is 9.59 Å². The Kier molecular flexibility index (Phi) is 12.2. The third kappa shape index (κ3) is 8.59. The second-order valence-electron chi connectivity index (χ2n) is 12.5. The summed E-state index contributed by atoms with van der Waals surface area (Å²) in [6.07, 6.45) is 5.24. The number of likely N-dealkylation sites (N-methyl/N-ethyl adjacent to an activating group) is 1. The summed E-state index contributed by atoms with van der Waals surface area (Å²) in [5.41, 5.74) is 1.15. The summed E-state index contributed by atoms with van der Waals surface area (Å²) in [6, 6.07) is 5.87. The highest BCUT2D eigenvalue weighted by Gasteiger charge is 2.47. The van der Waals surface area contributed by atoms with Crippen LogP contribution >= 0.6 is 0 Å². The van der Waals surface area contributed by atoms with E-state index in [0.29, 0.717) is 18.4 Å². The van der Waals surface area contributed by atoms with E-state index in [2.05, 4.69) is 36.4 Å². The first-order chi connectivity index (χ1) is 20.4. The molecular formula is C33H50N4O6. The number of carbonyl (C=O) groups excluding carboxylic acids is 4. The number of rotatable bonds is 9. The van der Waals surface area contributed by atoms with Crippen molar-refractivity contribution in [3.05, 3.63) is 47.7 Å². The minimum atomic E-state index is -0.967. The minimum Gasteiger partial charge on any atom is -0.462 e. The highest BCUT2D eigenvalue weighted by molar-refractivity contribution is 5.93. The molecule has 0 spiro atoms. The monoisotopic (exact) mass is 598 g/mol. The van der Waals surface area contributed by atoms with Crippen molar-refractivity contribution in [3.8, 4) is 0 Å². The Morgan fingerprint density at radius 2 is 1.84 bits per heavy atom. The number of amides is 2. The lowest BCUT2D eigenvalue weighted by Gasteiger charge is -2.36. The van der Waals surface area contributed by atoms with Crippen LogP contribution in [0.3, 0.4) is 0 Å². The Morgan fingerprint density at radius 1 is 1.14 bits per heavy atom. The van der Waals surface area contributed by atoms with E-state index in [1.54, 1.807) is 29.2 Å². The van der Waals surface area contributed by atoms with E-state index in [1.165, 1.54) is 6.42 Å². The zero-order valence-corrected chi connectivity index (χ0v) is 26.7. The number of benzene rings is 1. The second-order valence-corrected chi connectivity index (χ2v) is 12.5. The molecule has 1 aromatic carbocycles. The van der Waals surface area contributed by atoms with Gasteiger partial charge in [0, 0.05) is 29.7 Å². The molecule has 3 saturated heterocycles. The van der Waals surface area contributed by atoms with Crippen LogP contribution in [0.4, 0.5) is 0 Å². The summed E-state index contributed by atoms with van der Waals surface area (Å²) in [7, 11) is 1.85. The molecule has 3 fully saturated rings. The molecule has 0 bridgehead atoms. The molecule has 238 valence electrons. The van der Waals surface area contributed by atoms with Crippen LogP contribution in [0.2, 0.25) is 0 Å². The number of ether oxygens (including phenoxy) is 2. The van der Waals surface area contributed by atoms with Crippen LogP contribution in [0.1, 0.15) is 95.5 Å². The molecule has 3 aliphatic heterocycles. The number of cyclic esters (lactones) is 1. The maximum Gasteiger partial charge on any atom is 0.348 e. The third-order valence-electron chi connectivity index (χ3n) is 8.32. The van der Waals surface area contributed by atoms with Gasteiger partial charge in [0.2, 0.25) is 17.9 Å². The van der Waals surface area contributed by atoms with Crippen molar-refractivity contribution in [2.24, 2.45) is 5.41 Å². The summed E-state index contributed by atoms with van der Waals surface area (Å²) in [5, 5.41) is 9.42. The standard InChI is InChI=1S/C30H42N4O6.C3H8/c1-18(31-5)19(2)33-23-12-7-6-11-22-13-14-24(34(22)27(23)36)26(35)32-16-20-9-8-10-21(15-20)28(37)40-25-29(38)39-17-30(25,3)4;1-3-2/h8-10,15,18,22-25,31,33H,2,6-7,11-14,16-17H2,1,3-5H3,(H,32,35);3H2,1-2H3. The van der Waals surface area contributed by atoms with Gasteiger partial charge in [-0.15, -0.1) is 0 Å². The first kappa shape index (κ1) is 34.1. The highest BCUT2D eigenvalue weighted by atomic mass is 16.6. The zero-order valence-electron chi connectivity index (χ0n) is 26.7. The molecule has 3 aliphatic rings. The van der Waals surface area contributed by atoms with E-state index in [0.717, 1.165) is 31.4 Å². The largest absolute Gasteiger partial charge is 0.462 e. The Hall–Kier alpha value is -3.40. The fourth-order valence-electron chi connectivity index (χ4n) is 5.67. The van der Waals surface area contributed by atoms with Gasteiger partial charge in [0.15, 0.2) is 0 Å². The number of nitrogens with zero attached hydrogens (tertiary/aromatic N) is 1. The Labute approximate surface area is 256 Å². The predicted molar refractivity (Wildman–Crippen MR) is 165 cm³/mol. The van der Waals surface area contributed by atoms with Gasteiger partial charge in [-0.1, -0.05) is 65.7 Å². The fraction of sp³-hybridized carbons (Fsp3) is 0.636. The molecule has 4 rings (SSSR count). The number of esters is 2. The van der Waals surface area contributed by atoms with Crippen LogP contribution in [0.25, 0.3) is 0 Å². The van der Waals surface area contributed by atoms with Crippen molar-refractivity contribution in [2.75, 3.05) is 13.7 Å². The molecule has 10 heteroatoms. The molecule has 1 aromatic rings. The maximum atomic E-state index is 13.7. The van der Waals surface area contributed by atoms with E-state index in [4.69, 9.17) is 9.47 Å². The van der Waals surface area contributed by atoms with Gasteiger partial charge >= 0.3 is 11.9 Å². The number of hydrogen-bond donors (Lipinski definition) is 3. The SMILES string of the molecule is C=C(NC1CCCCC2CCC(C(=O)NCc3cccc(C(=O)OC4C(=O)OCC4(C)C)c3)N2C1=O)C(C)NC.CCC. The molecule has 3 heterocycles. The molecule has 10 nitrogen and oxygen atoms in total. The normalized spacial score (nSPS) is 25.2. The predicted octanol–water partition coefficient (Wildman–Crippen LogP) is 3.84. The molecule has 0 radical (unpaired) electrons. The lowest BCUT2D eigenvalue weighted by Crippen LogP contribution is -2.56. The number of fused-ring (bicyclic) bond motifs is 1. The van der Waals surface area contributed by atoms with Crippen LogP contribution in [0.15, 0.2) is 36.5 Å². The van der Waals surface area contributed by atoms with Crippen LogP contribution in [0.5, 0.6) is 0 Å². The van der Waals surface area contributed by atoms with Crippen LogP contribution in [0, 0.1) is 5.41 Å². The molecule has 0 saturated carbocycles. The van der Waals surface area contributed by atoms with Gasteiger partial charge in [-0.05, 0) is 57.4 Å². The summed E-state index contributed by atoms with van der Waals surface area (Å²) in [6.45, 7) is 14.3. The topological polar surface area (TPSA) is 126 Å². The van der Waals surface area contributed by atoms with Crippen molar-refractivity contribution >= 4 is 23.8 Å². The van der Waals surface area contributed by atoms with E-state index in [1.807, 2.05) is 27.8 Å². The molecule has 3 N–H and O–H groups in total. The fourth-order valence-corrected chi connectivity index (χ4v) is 5.67. The lowest BCUT2D eigenvalue weighted by molar-refractivity contribution is -0.145. The quantitative estimate of drug-likeness (QED) is 0.366. The van der Waals surface area contributed by atoms with E-state index in [9.17, 15) is 19.2 Å². The van der Waals surface area contributed by atoms with Gasteiger partial charge in [-0.2, -0.15) is 0 Å². The van der Waals surface area contributed by atoms with Crippen molar-refractivity contribution in [2.45, 2.75) is 116 Å². The van der Waals surface area contributed by atoms with E-state index >= 15 is 0 Å². The molecule has 0 aliphatic carbocycles. The van der Waals surface area contributed by atoms with Gasteiger partial charge in [0.25, 0.3) is 0 Å². The number of hydrogen-bond acceptors (Lipinski definition) is 8. The lowest BCUT2D eigenvalue weighted by atomic mass is 9.90. The average molecular weight is 599 g/mol. The minimum absolute atomic E-state index is 0.0123. The van der Waals surface area contributed by atoms with Crippen molar-refractivity contribution in [1.29, 1.82) is 0 Å². The Morgan fingerprint density at radius 3 is 2.49 bits per heavy atom. The molecule has 43 heavy (non-hydrogen) atoms. The first-order valence-electron chi connectivity index (χ1n) is 15.6. The van der Waals surface area contributed by atoms with Crippen LogP contribution in [-0.4, -0.2) is 72.6 Å². The third-order valence-corrected chi connectivity index (χ3v) is 8.32. The number of nitrogens with one attached hydrogen (secondary N) is 3. The summed E-state index contributed by atoms with van der Waals surface area (Å²) in [5.74, 6) is -1.43. The molecule has 5 unspecified atom stereocenters. The van der Waals surface area contributed by atoms with Crippen molar-refractivity contribution in [3.63, 3.8) is 0 Å². The van der Waals surface area contributed by atoms with Crippen LogP contribution in [-0.2, 0) is 30.4 Å². The molecule has 0 aromatic heterocycles. The zero-order chi connectivity index (χ0) is 31.7.